The fourth-order valence-corrected chi connectivity index (χ4v) is 7.11. The highest BCUT2D eigenvalue weighted by Crippen LogP contribution is 2.38. The minimum Gasteiger partial charge on any atom is -0.457 e. The van der Waals surface area contributed by atoms with E-state index in [9.17, 15) is 9.59 Å². The number of esters is 2. The van der Waals surface area contributed by atoms with Gasteiger partial charge in [0.1, 0.15) is 11.2 Å². The van der Waals surface area contributed by atoms with E-state index in [4.69, 9.17) is 9.47 Å². The van der Waals surface area contributed by atoms with E-state index in [2.05, 4.69) is 84.9 Å². The van der Waals surface area contributed by atoms with Crippen molar-refractivity contribution in [3.63, 3.8) is 0 Å². The second-order valence-electron chi connectivity index (χ2n) is 15.8. The smallest absolute Gasteiger partial charge is 0.331 e. The molecule has 2 saturated carbocycles. The number of rotatable bonds is 9. The number of hydrogen-bond donors (Lipinski definition) is 0. The van der Waals surface area contributed by atoms with Crippen molar-refractivity contribution in [2.45, 2.75) is 155 Å². The van der Waals surface area contributed by atoms with E-state index < -0.39 is 11.2 Å². The van der Waals surface area contributed by atoms with E-state index in [1.807, 2.05) is 47.6 Å². The number of ether oxygens (including phenoxy) is 2. The molecular weight excluding hydrogens is 672 g/mol. The van der Waals surface area contributed by atoms with Gasteiger partial charge in [-0.3, -0.25) is 0 Å². The molecule has 2 aromatic rings. The Morgan fingerprint density at radius 2 is 1.06 bits per heavy atom. The fourth-order valence-electron chi connectivity index (χ4n) is 6.84. The zero-order valence-electron chi connectivity index (χ0n) is 31.9. The quantitative estimate of drug-likeness (QED) is 0.190. The van der Waals surface area contributed by atoms with E-state index in [0.717, 1.165) is 29.4 Å². The molecule has 0 bridgehead atoms. The first kappa shape index (κ1) is 42.5. The van der Waals surface area contributed by atoms with Crippen LogP contribution in [-0.4, -0.2) is 23.1 Å². The maximum absolute atomic E-state index is 11.7. The summed E-state index contributed by atoms with van der Waals surface area (Å²) in [5.41, 5.74) is 3.19. The molecule has 0 unspecified atom stereocenters. The summed E-state index contributed by atoms with van der Waals surface area (Å²) in [6, 6.07) is 17.6. The molecule has 0 amide bonds. The van der Waals surface area contributed by atoms with Gasteiger partial charge >= 0.3 is 11.9 Å². The van der Waals surface area contributed by atoms with Crippen LogP contribution >= 0.6 is 15.9 Å². The molecule has 272 valence electrons. The zero-order valence-corrected chi connectivity index (χ0v) is 33.4. The maximum atomic E-state index is 11.7. The number of benzene rings is 2. The van der Waals surface area contributed by atoms with Crippen LogP contribution in [0.25, 0.3) is 6.08 Å². The Hall–Kier alpha value is -2.66. The standard InChI is InChI=1S/C22H32O2.C15H21Br.C7H12O2/c1-5-6-17-7-12-19(13-8-17)20-14-9-18(10-15-20)11-16-21(23)24-22(2,3)4;1-2-3-12-4-6-13(7-5-12)14-8-10-15(16)11-9-14;1-5-6(8)9-7(2,3)4/h9-11,14-17,19H,5-8,12-13H2,1-4H3;8-13H,2-7H2,1H3;5H,1H2,2-4H3. The van der Waals surface area contributed by atoms with Crippen molar-refractivity contribution in [3.05, 3.63) is 88.4 Å². The van der Waals surface area contributed by atoms with Crippen molar-refractivity contribution < 1.29 is 19.1 Å². The minimum absolute atomic E-state index is 0.291. The number of carbonyl (C=O) groups excluding carboxylic acids is 2. The average molecular weight is 738 g/mol. The summed E-state index contributed by atoms with van der Waals surface area (Å²) in [7, 11) is 0. The van der Waals surface area contributed by atoms with Gasteiger partial charge in [-0.05, 0) is 151 Å². The Bertz CT molecular complexity index is 1260. The van der Waals surface area contributed by atoms with Crippen molar-refractivity contribution in [1.82, 2.24) is 0 Å². The largest absolute Gasteiger partial charge is 0.457 e. The fraction of sp³-hybridized carbons (Fsp3) is 0.591. The summed E-state index contributed by atoms with van der Waals surface area (Å²) in [4.78, 5) is 22.2. The molecule has 0 saturated heterocycles. The number of carbonyl (C=O) groups is 2. The van der Waals surface area contributed by atoms with Gasteiger partial charge in [-0.25, -0.2) is 9.59 Å². The van der Waals surface area contributed by atoms with Gasteiger partial charge in [0, 0.05) is 16.6 Å². The second-order valence-corrected chi connectivity index (χ2v) is 16.8. The Labute approximate surface area is 307 Å². The highest BCUT2D eigenvalue weighted by Gasteiger charge is 2.23. The van der Waals surface area contributed by atoms with E-state index in [1.54, 1.807) is 0 Å². The molecule has 2 aliphatic carbocycles. The van der Waals surface area contributed by atoms with Gasteiger partial charge in [0.2, 0.25) is 0 Å². The lowest BCUT2D eigenvalue weighted by atomic mass is 9.77. The van der Waals surface area contributed by atoms with Crippen molar-refractivity contribution in [2.24, 2.45) is 11.8 Å². The van der Waals surface area contributed by atoms with Crippen LogP contribution in [0.1, 0.15) is 161 Å². The predicted molar refractivity (Wildman–Crippen MR) is 211 cm³/mol. The van der Waals surface area contributed by atoms with E-state index >= 15 is 0 Å². The van der Waals surface area contributed by atoms with E-state index in [0.29, 0.717) is 5.92 Å². The van der Waals surface area contributed by atoms with Crippen LogP contribution in [0.3, 0.4) is 0 Å². The van der Waals surface area contributed by atoms with Gasteiger partial charge in [0.15, 0.2) is 0 Å². The van der Waals surface area contributed by atoms with Gasteiger partial charge in [0.25, 0.3) is 0 Å². The number of hydrogen-bond acceptors (Lipinski definition) is 4. The molecular formula is C44H65BrO4. The normalized spacial score (nSPS) is 21.0. The minimum atomic E-state index is -0.443. The summed E-state index contributed by atoms with van der Waals surface area (Å²) in [5.74, 6) is 2.82. The third-order valence-electron chi connectivity index (χ3n) is 9.23. The summed E-state index contributed by atoms with van der Waals surface area (Å²) in [6.45, 7) is 18.9. The molecule has 0 spiro atoms. The molecule has 0 N–H and O–H groups in total. The van der Waals surface area contributed by atoms with Crippen LogP contribution in [0.5, 0.6) is 0 Å². The van der Waals surface area contributed by atoms with Crippen LogP contribution in [-0.2, 0) is 19.1 Å². The Balaban J connectivity index is 0.000000286. The highest BCUT2D eigenvalue weighted by atomic mass is 79.9. The Kier molecular flexibility index (Phi) is 18.7. The Morgan fingerprint density at radius 3 is 1.41 bits per heavy atom. The van der Waals surface area contributed by atoms with Crippen LogP contribution in [0.15, 0.2) is 71.7 Å². The van der Waals surface area contributed by atoms with Crippen molar-refractivity contribution >= 4 is 33.9 Å². The van der Waals surface area contributed by atoms with Crippen LogP contribution < -0.4 is 0 Å². The molecule has 2 aromatic carbocycles. The topological polar surface area (TPSA) is 52.6 Å². The molecule has 0 heterocycles. The third kappa shape index (κ3) is 18.2. The average Bonchev–Trinajstić information content (AvgIpc) is 3.05. The lowest BCUT2D eigenvalue weighted by molar-refractivity contribution is -0.149. The SMILES string of the molecule is C=CC(=O)OC(C)(C)C.CCCC1CCC(c2ccc(Br)cc2)CC1.CCCC1CCC(c2ccc(C=CC(=O)OC(C)(C)C)cc2)CC1. The first-order valence-electron chi connectivity index (χ1n) is 18.7. The van der Waals surface area contributed by atoms with Gasteiger partial charge in [-0.2, -0.15) is 0 Å². The summed E-state index contributed by atoms with van der Waals surface area (Å²) >= 11 is 3.50. The molecule has 2 fully saturated rings. The van der Waals surface area contributed by atoms with Crippen molar-refractivity contribution in [2.75, 3.05) is 0 Å². The van der Waals surface area contributed by atoms with E-state index in [-0.39, 0.29) is 11.9 Å². The number of halogens is 1. The molecule has 0 radical (unpaired) electrons. The van der Waals surface area contributed by atoms with Crippen LogP contribution in [0.4, 0.5) is 0 Å². The maximum Gasteiger partial charge on any atom is 0.331 e. The van der Waals surface area contributed by atoms with Gasteiger partial charge in [0.05, 0.1) is 0 Å². The highest BCUT2D eigenvalue weighted by molar-refractivity contribution is 9.10. The van der Waals surface area contributed by atoms with Crippen LogP contribution in [0.2, 0.25) is 0 Å². The molecule has 0 aromatic heterocycles. The Morgan fingerprint density at radius 1 is 0.673 bits per heavy atom. The van der Waals surface area contributed by atoms with Gasteiger partial charge in [-0.15, -0.1) is 0 Å². The van der Waals surface area contributed by atoms with Gasteiger partial charge < -0.3 is 9.47 Å². The first-order chi connectivity index (χ1) is 23.1. The second kappa shape index (κ2) is 21.5. The first-order valence-corrected chi connectivity index (χ1v) is 19.5. The third-order valence-corrected chi connectivity index (χ3v) is 9.76. The molecule has 4 nitrogen and oxygen atoms in total. The summed E-state index contributed by atoms with van der Waals surface area (Å²) in [6.07, 6.45) is 21.0. The lowest BCUT2D eigenvalue weighted by Gasteiger charge is -2.28. The molecule has 5 heteroatoms. The van der Waals surface area contributed by atoms with E-state index in [1.165, 1.54) is 98.7 Å². The summed E-state index contributed by atoms with van der Waals surface area (Å²) in [5, 5.41) is 0. The molecule has 4 rings (SSSR count). The van der Waals surface area contributed by atoms with Gasteiger partial charge in [-0.1, -0.05) is 98.4 Å². The molecule has 0 aliphatic heterocycles. The molecule has 2 aliphatic rings. The van der Waals surface area contributed by atoms with Crippen LogP contribution in [0, 0.1) is 11.8 Å². The monoisotopic (exact) mass is 736 g/mol. The summed E-state index contributed by atoms with van der Waals surface area (Å²) < 4.78 is 11.3. The van der Waals surface area contributed by atoms with Crippen molar-refractivity contribution in [1.29, 1.82) is 0 Å². The van der Waals surface area contributed by atoms with Crippen molar-refractivity contribution in [3.8, 4) is 0 Å². The zero-order chi connectivity index (χ0) is 36.5. The molecule has 0 atom stereocenters. The molecule has 49 heavy (non-hydrogen) atoms. The predicted octanol–water partition coefficient (Wildman–Crippen LogP) is 13.2. The lowest BCUT2D eigenvalue weighted by Crippen LogP contribution is -2.22.